The first-order chi connectivity index (χ1) is 9.56. The highest BCUT2D eigenvalue weighted by molar-refractivity contribution is 6.06. The van der Waals surface area contributed by atoms with Gasteiger partial charge in [0, 0.05) is 13.0 Å². The molecule has 120 valence electrons. The second-order valence-electron chi connectivity index (χ2n) is 7.27. The van der Waals surface area contributed by atoms with E-state index in [1.807, 2.05) is 34.6 Å². The number of aliphatic carboxylic acids is 1. The van der Waals surface area contributed by atoms with Gasteiger partial charge in [0.05, 0.1) is 11.3 Å². The summed E-state index contributed by atoms with van der Waals surface area (Å²) in [5.74, 6) is -2.08. The molecule has 5 heteroatoms. The summed E-state index contributed by atoms with van der Waals surface area (Å²) >= 11 is 0. The van der Waals surface area contributed by atoms with E-state index in [1.54, 1.807) is 0 Å². The number of carboxylic acids is 1. The highest BCUT2D eigenvalue weighted by Crippen LogP contribution is 2.40. The molecule has 5 nitrogen and oxygen atoms in total. The first-order valence-corrected chi connectivity index (χ1v) is 7.64. The van der Waals surface area contributed by atoms with Gasteiger partial charge in [0.15, 0.2) is 0 Å². The molecule has 2 amide bonds. The molecule has 1 atom stereocenters. The molecule has 0 bridgehead atoms. The fourth-order valence-electron chi connectivity index (χ4n) is 3.04. The van der Waals surface area contributed by atoms with Crippen LogP contribution in [0.1, 0.15) is 60.3 Å². The molecule has 0 aromatic heterocycles. The van der Waals surface area contributed by atoms with Crippen molar-refractivity contribution in [2.75, 3.05) is 6.54 Å². The normalized spacial score (nSPS) is 20.0. The smallest absolute Gasteiger partial charge is 0.308 e. The molecule has 0 aromatic rings. The number of likely N-dealkylation sites (tertiary alicyclic amines) is 1. The molecule has 0 saturated carbocycles. The minimum atomic E-state index is -0.948. The quantitative estimate of drug-likeness (QED) is 0.765. The maximum atomic E-state index is 12.5. The number of carbonyl (C=O) groups is 3. The van der Waals surface area contributed by atoms with Crippen LogP contribution in [0.25, 0.3) is 0 Å². The molecule has 1 N–H and O–H groups in total. The number of hydrogen-bond donors (Lipinski definition) is 1. The molecule has 1 unspecified atom stereocenters. The number of carboxylic acid groups (broad SMARTS) is 1. The lowest BCUT2D eigenvalue weighted by Crippen LogP contribution is -2.41. The van der Waals surface area contributed by atoms with Gasteiger partial charge < -0.3 is 5.11 Å². The summed E-state index contributed by atoms with van der Waals surface area (Å²) < 4.78 is 0. The third-order valence-electron chi connectivity index (χ3n) is 4.45. The fraction of sp³-hybridized carbons (Fsp3) is 0.812. The van der Waals surface area contributed by atoms with Gasteiger partial charge >= 0.3 is 5.97 Å². The molecule has 1 aliphatic heterocycles. The molecule has 0 spiro atoms. The predicted octanol–water partition coefficient (Wildman–Crippen LogP) is 2.69. The van der Waals surface area contributed by atoms with Crippen molar-refractivity contribution < 1.29 is 19.5 Å². The van der Waals surface area contributed by atoms with Crippen LogP contribution in [0, 0.1) is 16.7 Å². The summed E-state index contributed by atoms with van der Waals surface area (Å²) in [6.07, 6.45) is 1.87. The molecule has 1 aliphatic rings. The Bertz CT molecular complexity index is 432. The molecule has 21 heavy (non-hydrogen) atoms. The lowest BCUT2D eigenvalue weighted by atomic mass is 9.81. The number of amides is 2. The Kier molecular flexibility index (Phi) is 5.18. The van der Waals surface area contributed by atoms with E-state index < -0.39 is 17.3 Å². The Morgan fingerprint density at radius 3 is 2.14 bits per heavy atom. The van der Waals surface area contributed by atoms with E-state index in [9.17, 15) is 19.5 Å². The van der Waals surface area contributed by atoms with E-state index in [4.69, 9.17) is 0 Å². The summed E-state index contributed by atoms with van der Waals surface area (Å²) in [6.45, 7) is 9.67. The van der Waals surface area contributed by atoms with Gasteiger partial charge in [-0.05, 0) is 24.7 Å². The summed E-state index contributed by atoms with van der Waals surface area (Å²) in [5.41, 5.74) is -0.788. The van der Waals surface area contributed by atoms with Crippen molar-refractivity contribution in [3.05, 3.63) is 0 Å². The van der Waals surface area contributed by atoms with Crippen LogP contribution < -0.4 is 0 Å². The molecular weight excluding hydrogens is 270 g/mol. The van der Waals surface area contributed by atoms with Crippen molar-refractivity contribution in [3.63, 3.8) is 0 Å². The SMILES string of the molecule is CCC1(CC)CC(=O)N(CC(CC(C)(C)C)C(=O)O)C1=O. The summed E-state index contributed by atoms with van der Waals surface area (Å²) in [4.78, 5) is 37.3. The topological polar surface area (TPSA) is 74.7 Å². The Balaban J connectivity index is 2.92. The Morgan fingerprint density at radius 2 is 1.81 bits per heavy atom. The van der Waals surface area contributed by atoms with Crippen molar-refractivity contribution >= 4 is 17.8 Å². The standard InChI is InChI=1S/C16H27NO4/c1-6-16(7-2)9-12(18)17(14(16)21)10-11(13(19)20)8-15(3,4)5/h11H,6-10H2,1-5H3,(H,19,20). The van der Waals surface area contributed by atoms with Gasteiger partial charge in [-0.3, -0.25) is 19.3 Å². The van der Waals surface area contributed by atoms with Gasteiger partial charge in [-0.25, -0.2) is 0 Å². The lowest BCUT2D eigenvalue weighted by molar-refractivity contribution is -0.147. The van der Waals surface area contributed by atoms with E-state index in [0.717, 1.165) is 0 Å². The fourth-order valence-corrected chi connectivity index (χ4v) is 3.04. The highest BCUT2D eigenvalue weighted by Gasteiger charge is 2.49. The van der Waals surface area contributed by atoms with Crippen molar-refractivity contribution in [3.8, 4) is 0 Å². The van der Waals surface area contributed by atoms with Crippen LogP contribution in [0.15, 0.2) is 0 Å². The van der Waals surface area contributed by atoms with Crippen molar-refractivity contribution in [2.24, 2.45) is 16.7 Å². The van der Waals surface area contributed by atoms with Crippen molar-refractivity contribution in [1.29, 1.82) is 0 Å². The summed E-state index contributed by atoms with van der Waals surface area (Å²) in [5, 5.41) is 9.36. The van der Waals surface area contributed by atoms with Gasteiger partial charge in [-0.15, -0.1) is 0 Å². The zero-order valence-corrected chi connectivity index (χ0v) is 13.7. The first kappa shape index (κ1) is 17.7. The average Bonchev–Trinajstić information content (AvgIpc) is 2.60. The Hall–Kier alpha value is -1.39. The third kappa shape index (κ3) is 3.83. The maximum absolute atomic E-state index is 12.5. The van der Waals surface area contributed by atoms with Crippen molar-refractivity contribution in [1.82, 2.24) is 4.90 Å². The van der Waals surface area contributed by atoms with Gasteiger partial charge in [0.1, 0.15) is 0 Å². The van der Waals surface area contributed by atoms with Crippen LogP contribution >= 0.6 is 0 Å². The molecule has 1 heterocycles. The van der Waals surface area contributed by atoms with E-state index in [0.29, 0.717) is 19.3 Å². The molecule has 0 aliphatic carbocycles. The molecule has 1 fully saturated rings. The van der Waals surface area contributed by atoms with Gasteiger partial charge in [0.25, 0.3) is 0 Å². The van der Waals surface area contributed by atoms with Crippen molar-refractivity contribution in [2.45, 2.75) is 60.3 Å². The summed E-state index contributed by atoms with van der Waals surface area (Å²) in [6, 6.07) is 0. The van der Waals surface area contributed by atoms with Gasteiger partial charge in [-0.1, -0.05) is 34.6 Å². The van der Waals surface area contributed by atoms with E-state index in [1.165, 1.54) is 4.90 Å². The van der Waals surface area contributed by atoms with Crippen LogP contribution in [0.2, 0.25) is 0 Å². The van der Waals surface area contributed by atoms with E-state index >= 15 is 0 Å². The average molecular weight is 297 g/mol. The number of imide groups is 1. The Morgan fingerprint density at radius 1 is 1.29 bits per heavy atom. The van der Waals surface area contributed by atoms with Crippen LogP contribution in [0.4, 0.5) is 0 Å². The second kappa shape index (κ2) is 6.16. The van der Waals surface area contributed by atoms with Gasteiger partial charge in [-0.2, -0.15) is 0 Å². The second-order valence-corrected chi connectivity index (χ2v) is 7.27. The molecule has 0 radical (unpaired) electrons. The number of rotatable bonds is 6. The number of nitrogens with zero attached hydrogens (tertiary/aromatic N) is 1. The van der Waals surface area contributed by atoms with E-state index in [2.05, 4.69) is 0 Å². The minimum Gasteiger partial charge on any atom is -0.481 e. The number of hydrogen-bond acceptors (Lipinski definition) is 3. The monoisotopic (exact) mass is 297 g/mol. The van der Waals surface area contributed by atoms with Crippen LogP contribution in [0.5, 0.6) is 0 Å². The number of carbonyl (C=O) groups excluding carboxylic acids is 2. The highest BCUT2D eigenvalue weighted by atomic mass is 16.4. The molecule has 0 aromatic carbocycles. The summed E-state index contributed by atoms with van der Waals surface area (Å²) in [7, 11) is 0. The van der Waals surface area contributed by atoms with Gasteiger partial charge in [0.2, 0.25) is 11.8 Å². The molecule has 1 rings (SSSR count). The third-order valence-corrected chi connectivity index (χ3v) is 4.45. The van der Waals surface area contributed by atoms with E-state index in [-0.39, 0.29) is 30.2 Å². The largest absolute Gasteiger partial charge is 0.481 e. The zero-order valence-electron chi connectivity index (χ0n) is 13.7. The van der Waals surface area contributed by atoms with Crippen LogP contribution in [0.3, 0.4) is 0 Å². The maximum Gasteiger partial charge on any atom is 0.308 e. The lowest BCUT2D eigenvalue weighted by Gasteiger charge is -2.28. The predicted molar refractivity (Wildman–Crippen MR) is 79.5 cm³/mol. The molecular formula is C16H27NO4. The molecule has 1 saturated heterocycles. The van der Waals surface area contributed by atoms with Crippen LogP contribution in [-0.2, 0) is 14.4 Å². The minimum absolute atomic E-state index is 0.00792. The Labute approximate surface area is 126 Å². The zero-order chi connectivity index (χ0) is 16.4. The van der Waals surface area contributed by atoms with Crippen LogP contribution in [-0.4, -0.2) is 34.3 Å². The first-order valence-electron chi connectivity index (χ1n) is 7.64.